The summed E-state index contributed by atoms with van der Waals surface area (Å²) < 4.78 is 10.3. The molecule has 2 unspecified atom stereocenters. The number of carboxylic acid groups (broad SMARTS) is 1. The van der Waals surface area contributed by atoms with Crippen LogP contribution in [0.5, 0.6) is 0 Å². The highest BCUT2D eigenvalue weighted by atomic mass is 16.5. The average Bonchev–Trinajstić information content (AvgIpc) is 2.56. The average molecular weight is 244 g/mol. The van der Waals surface area contributed by atoms with E-state index in [-0.39, 0.29) is 18.1 Å². The van der Waals surface area contributed by atoms with Crippen LogP contribution in [0.4, 0.5) is 0 Å². The molecule has 0 aromatic rings. The lowest BCUT2D eigenvalue weighted by atomic mass is 9.83. The van der Waals surface area contributed by atoms with E-state index in [1.54, 1.807) is 0 Å². The van der Waals surface area contributed by atoms with Gasteiger partial charge in [0.25, 0.3) is 0 Å². The summed E-state index contributed by atoms with van der Waals surface area (Å²) in [4.78, 5) is 22.8. The maximum atomic E-state index is 11.6. The van der Waals surface area contributed by atoms with Crippen LogP contribution in [0.2, 0.25) is 0 Å². The first-order valence-electron chi connectivity index (χ1n) is 5.71. The molecular weight excluding hydrogens is 224 g/mol. The van der Waals surface area contributed by atoms with Crippen molar-refractivity contribution in [2.75, 3.05) is 7.11 Å². The van der Waals surface area contributed by atoms with Crippen LogP contribution in [0.1, 0.15) is 40.0 Å². The van der Waals surface area contributed by atoms with E-state index < -0.39 is 17.4 Å². The first-order valence-corrected chi connectivity index (χ1v) is 5.71. The molecule has 0 bridgehead atoms. The van der Waals surface area contributed by atoms with Gasteiger partial charge in [-0.3, -0.25) is 9.59 Å². The molecule has 2 atom stereocenters. The first kappa shape index (κ1) is 14.0. The topological polar surface area (TPSA) is 72.8 Å². The zero-order chi connectivity index (χ0) is 13.3. The first-order chi connectivity index (χ1) is 7.71. The Kier molecular flexibility index (Phi) is 3.81. The minimum Gasteiger partial charge on any atom is -0.480 e. The van der Waals surface area contributed by atoms with Gasteiger partial charge in [0.15, 0.2) is 5.41 Å². The van der Waals surface area contributed by atoms with Crippen molar-refractivity contribution in [1.82, 2.24) is 0 Å². The predicted octanol–water partition coefficient (Wildman–Crippen LogP) is 1.60. The van der Waals surface area contributed by atoms with E-state index in [2.05, 4.69) is 4.74 Å². The summed E-state index contributed by atoms with van der Waals surface area (Å²) in [6.07, 6.45) is 1.59. The van der Waals surface area contributed by atoms with Crippen molar-refractivity contribution in [2.24, 2.45) is 5.41 Å². The molecule has 5 nitrogen and oxygen atoms in total. The zero-order valence-corrected chi connectivity index (χ0v) is 10.8. The van der Waals surface area contributed by atoms with Crippen LogP contribution in [0.3, 0.4) is 0 Å². The molecule has 1 N–H and O–H groups in total. The number of esters is 1. The Labute approximate surface area is 101 Å². The maximum Gasteiger partial charge on any atom is 0.323 e. The van der Waals surface area contributed by atoms with Crippen LogP contribution < -0.4 is 0 Å². The number of ether oxygens (including phenoxy) is 2. The number of carboxylic acids is 1. The van der Waals surface area contributed by atoms with Gasteiger partial charge in [-0.15, -0.1) is 0 Å². The standard InChI is InChI=1S/C12H20O5/c1-11(2)6-5-8(17-11)7-12(3,9(13)14)10(15)16-4/h8H,5-7H2,1-4H3,(H,13,14). The summed E-state index contributed by atoms with van der Waals surface area (Å²) in [6, 6.07) is 0. The van der Waals surface area contributed by atoms with Gasteiger partial charge in [-0.1, -0.05) is 0 Å². The van der Waals surface area contributed by atoms with Crippen LogP contribution in [-0.2, 0) is 19.1 Å². The number of methoxy groups -OCH3 is 1. The molecule has 1 aliphatic rings. The molecular formula is C12H20O5. The molecule has 0 radical (unpaired) electrons. The molecule has 98 valence electrons. The normalized spacial score (nSPS) is 26.2. The third kappa shape index (κ3) is 2.97. The number of carbonyl (C=O) groups is 2. The van der Waals surface area contributed by atoms with E-state index >= 15 is 0 Å². The van der Waals surface area contributed by atoms with E-state index in [1.807, 2.05) is 13.8 Å². The summed E-state index contributed by atoms with van der Waals surface area (Å²) in [5.74, 6) is -1.89. The van der Waals surface area contributed by atoms with Crippen molar-refractivity contribution in [3.05, 3.63) is 0 Å². The van der Waals surface area contributed by atoms with Gasteiger partial charge in [0, 0.05) is 6.42 Å². The largest absolute Gasteiger partial charge is 0.480 e. The third-order valence-corrected chi connectivity index (χ3v) is 3.30. The Bertz CT molecular complexity index is 323. The quantitative estimate of drug-likeness (QED) is 0.600. The van der Waals surface area contributed by atoms with Gasteiger partial charge < -0.3 is 14.6 Å². The minimum absolute atomic E-state index is 0.151. The number of aliphatic carboxylic acids is 1. The fourth-order valence-corrected chi connectivity index (χ4v) is 2.16. The molecule has 0 aromatic heterocycles. The summed E-state index contributed by atoms with van der Waals surface area (Å²) in [6.45, 7) is 5.31. The van der Waals surface area contributed by atoms with Gasteiger partial charge in [0.1, 0.15) is 0 Å². The summed E-state index contributed by atoms with van der Waals surface area (Å²) in [5.41, 5.74) is -1.76. The van der Waals surface area contributed by atoms with Gasteiger partial charge in [-0.25, -0.2) is 0 Å². The molecule has 17 heavy (non-hydrogen) atoms. The van der Waals surface area contributed by atoms with Crippen molar-refractivity contribution in [3.8, 4) is 0 Å². The molecule has 5 heteroatoms. The number of hydrogen-bond donors (Lipinski definition) is 1. The van der Waals surface area contributed by atoms with E-state index in [0.29, 0.717) is 0 Å². The lowest BCUT2D eigenvalue weighted by Crippen LogP contribution is -2.40. The number of carbonyl (C=O) groups excluding carboxylic acids is 1. The summed E-state index contributed by atoms with van der Waals surface area (Å²) >= 11 is 0. The second kappa shape index (κ2) is 4.64. The molecule has 0 saturated carbocycles. The van der Waals surface area contributed by atoms with Crippen LogP contribution in [0, 0.1) is 5.41 Å². The van der Waals surface area contributed by atoms with Gasteiger partial charge >= 0.3 is 11.9 Å². The van der Waals surface area contributed by atoms with Gasteiger partial charge in [-0.2, -0.15) is 0 Å². The van der Waals surface area contributed by atoms with Crippen molar-refractivity contribution < 1.29 is 24.2 Å². The minimum atomic E-state index is -1.53. The lowest BCUT2D eigenvalue weighted by molar-refractivity contribution is -0.169. The molecule has 1 rings (SSSR count). The SMILES string of the molecule is COC(=O)C(C)(CC1CCC(C)(C)O1)C(=O)O. The maximum absolute atomic E-state index is 11.6. The molecule has 1 heterocycles. The highest BCUT2D eigenvalue weighted by molar-refractivity contribution is 5.98. The van der Waals surface area contributed by atoms with Crippen LogP contribution >= 0.6 is 0 Å². The molecule has 0 spiro atoms. The van der Waals surface area contributed by atoms with E-state index in [9.17, 15) is 9.59 Å². The van der Waals surface area contributed by atoms with E-state index in [1.165, 1.54) is 14.0 Å². The molecule has 0 aromatic carbocycles. The van der Waals surface area contributed by atoms with Crippen molar-refractivity contribution in [1.29, 1.82) is 0 Å². The highest BCUT2D eigenvalue weighted by Crippen LogP contribution is 2.36. The van der Waals surface area contributed by atoms with Crippen LogP contribution in [-0.4, -0.2) is 35.9 Å². The Balaban J connectivity index is 2.76. The Morgan fingerprint density at radius 1 is 1.53 bits per heavy atom. The fraction of sp³-hybridized carbons (Fsp3) is 0.833. The molecule has 1 saturated heterocycles. The van der Waals surface area contributed by atoms with E-state index in [0.717, 1.165) is 12.8 Å². The second-order valence-electron chi connectivity index (χ2n) is 5.37. The Morgan fingerprint density at radius 3 is 2.47 bits per heavy atom. The number of rotatable bonds is 4. The highest BCUT2D eigenvalue weighted by Gasteiger charge is 2.47. The second-order valence-corrected chi connectivity index (χ2v) is 5.37. The van der Waals surface area contributed by atoms with E-state index in [4.69, 9.17) is 9.84 Å². The Hall–Kier alpha value is -1.10. The predicted molar refractivity (Wildman–Crippen MR) is 60.6 cm³/mol. The van der Waals surface area contributed by atoms with Crippen LogP contribution in [0.25, 0.3) is 0 Å². The van der Waals surface area contributed by atoms with Crippen LogP contribution in [0.15, 0.2) is 0 Å². The van der Waals surface area contributed by atoms with Crippen molar-refractivity contribution in [3.63, 3.8) is 0 Å². The van der Waals surface area contributed by atoms with Gasteiger partial charge in [0.05, 0.1) is 18.8 Å². The lowest BCUT2D eigenvalue weighted by Gasteiger charge is -2.26. The Morgan fingerprint density at radius 2 is 2.12 bits per heavy atom. The number of hydrogen-bond acceptors (Lipinski definition) is 4. The van der Waals surface area contributed by atoms with Crippen molar-refractivity contribution >= 4 is 11.9 Å². The van der Waals surface area contributed by atoms with Gasteiger partial charge in [-0.05, 0) is 33.6 Å². The summed E-state index contributed by atoms with van der Waals surface area (Å²) in [7, 11) is 1.20. The summed E-state index contributed by atoms with van der Waals surface area (Å²) in [5, 5.41) is 9.17. The molecule has 0 amide bonds. The molecule has 1 fully saturated rings. The zero-order valence-electron chi connectivity index (χ0n) is 10.8. The fourth-order valence-electron chi connectivity index (χ4n) is 2.16. The molecule has 0 aliphatic carbocycles. The van der Waals surface area contributed by atoms with Crippen molar-refractivity contribution in [2.45, 2.75) is 51.7 Å². The molecule has 1 aliphatic heterocycles. The van der Waals surface area contributed by atoms with Gasteiger partial charge in [0.2, 0.25) is 0 Å². The monoisotopic (exact) mass is 244 g/mol. The third-order valence-electron chi connectivity index (χ3n) is 3.30. The smallest absolute Gasteiger partial charge is 0.323 e.